The van der Waals surface area contributed by atoms with Crippen molar-refractivity contribution >= 4 is 17.9 Å². The van der Waals surface area contributed by atoms with Crippen LogP contribution in [0.2, 0.25) is 0 Å². The number of hydrogen-bond donors (Lipinski definition) is 1. The molecule has 0 spiro atoms. The Hall–Kier alpha value is -3.23. The van der Waals surface area contributed by atoms with Gasteiger partial charge in [0.05, 0.1) is 12.1 Å². The van der Waals surface area contributed by atoms with E-state index in [9.17, 15) is 5.11 Å². The van der Waals surface area contributed by atoms with Crippen molar-refractivity contribution in [1.82, 2.24) is 4.67 Å². The predicted molar refractivity (Wildman–Crippen MR) is 137 cm³/mol. The molecule has 4 heteroatoms. The predicted octanol–water partition coefficient (Wildman–Crippen LogP) is 5.71. The maximum Gasteiger partial charge on any atom is 0.208 e. The third-order valence-electron chi connectivity index (χ3n) is 5.79. The minimum absolute atomic E-state index is 0.395. The molecule has 4 aromatic rings. The first-order chi connectivity index (χ1) is 16.1. The number of benzene rings is 4. The maximum atomic E-state index is 15.3. The van der Waals surface area contributed by atoms with Gasteiger partial charge in [-0.3, -0.25) is 4.57 Å². The molecule has 0 fully saturated rings. The zero-order valence-electron chi connectivity index (χ0n) is 18.4. The molecule has 0 aliphatic carbocycles. The SMILES string of the molecule is C=CC(O)[C@H](c1ccccc1)N(Cc1ccccc1)P(=O)(c1ccccc1)c1ccccc1. The molecule has 2 atom stereocenters. The molecule has 3 nitrogen and oxygen atoms in total. The van der Waals surface area contributed by atoms with Crippen LogP contribution < -0.4 is 10.6 Å². The summed E-state index contributed by atoms with van der Waals surface area (Å²) >= 11 is 0. The minimum Gasteiger partial charge on any atom is -0.387 e. The van der Waals surface area contributed by atoms with E-state index in [2.05, 4.69) is 6.58 Å². The lowest BCUT2D eigenvalue weighted by atomic mass is 10.0. The van der Waals surface area contributed by atoms with Gasteiger partial charge < -0.3 is 5.11 Å². The Balaban J connectivity index is 1.98. The van der Waals surface area contributed by atoms with Gasteiger partial charge in [0.15, 0.2) is 0 Å². The molecule has 0 aliphatic heterocycles. The molecule has 166 valence electrons. The quantitative estimate of drug-likeness (QED) is 0.261. The lowest BCUT2D eigenvalue weighted by Crippen LogP contribution is -2.39. The van der Waals surface area contributed by atoms with Crippen molar-refractivity contribution in [1.29, 1.82) is 0 Å². The zero-order chi connectivity index (χ0) is 23.1. The fourth-order valence-corrected chi connectivity index (χ4v) is 7.20. The summed E-state index contributed by atoms with van der Waals surface area (Å²) in [6.07, 6.45) is 0.604. The van der Waals surface area contributed by atoms with Crippen molar-refractivity contribution in [2.45, 2.75) is 18.7 Å². The summed E-state index contributed by atoms with van der Waals surface area (Å²) in [4.78, 5) is 0. The molecule has 0 amide bonds. The van der Waals surface area contributed by atoms with E-state index in [-0.39, 0.29) is 0 Å². The first kappa shape index (κ1) is 22.9. The molecular weight excluding hydrogens is 425 g/mol. The van der Waals surface area contributed by atoms with Crippen molar-refractivity contribution < 1.29 is 9.67 Å². The van der Waals surface area contributed by atoms with Crippen molar-refractivity contribution in [3.8, 4) is 0 Å². The van der Waals surface area contributed by atoms with Crippen molar-refractivity contribution in [2.75, 3.05) is 0 Å². The van der Waals surface area contributed by atoms with Gasteiger partial charge in [0.25, 0.3) is 0 Å². The molecule has 0 bridgehead atoms. The van der Waals surface area contributed by atoms with Gasteiger partial charge in [0, 0.05) is 17.2 Å². The normalized spacial score (nSPS) is 13.4. The van der Waals surface area contributed by atoms with E-state index in [0.717, 1.165) is 21.7 Å². The maximum absolute atomic E-state index is 15.3. The van der Waals surface area contributed by atoms with Gasteiger partial charge in [-0.1, -0.05) is 103 Å². The van der Waals surface area contributed by atoms with Crippen LogP contribution in [0.3, 0.4) is 0 Å². The molecule has 4 rings (SSSR count). The van der Waals surface area contributed by atoms with E-state index in [1.807, 2.05) is 126 Å². The zero-order valence-corrected chi connectivity index (χ0v) is 19.3. The lowest BCUT2D eigenvalue weighted by molar-refractivity contribution is 0.125. The highest BCUT2D eigenvalue weighted by atomic mass is 31.2. The summed E-state index contributed by atoms with van der Waals surface area (Å²) in [6.45, 7) is 4.25. The standard InChI is InChI=1S/C29H28NO2P/c1-2-28(31)29(25-17-9-4-10-18-25)30(23-24-15-7-3-8-16-24)33(32,26-19-11-5-12-20-26)27-21-13-6-14-22-27/h2-22,28-29,31H,1,23H2/t28?,29-/m0/s1. The molecule has 1 N–H and O–H groups in total. The smallest absolute Gasteiger partial charge is 0.208 e. The monoisotopic (exact) mass is 453 g/mol. The van der Waals surface area contributed by atoms with E-state index in [1.165, 1.54) is 6.08 Å². The Labute approximate surface area is 196 Å². The fourth-order valence-electron chi connectivity index (χ4n) is 4.17. The highest BCUT2D eigenvalue weighted by Gasteiger charge is 2.41. The molecule has 0 aromatic heterocycles. The summed E-state index contributed by atoms with van der Waals surface area (Å²) < 4.78 is 17.3. The van der Waals surface area contributed by atoms with Gasteiger partial charge >= 0.3 is 0 Å². The van der Waals surface area contributed by atoms with E-state index >= 15 is 4.57 Å². The summed E-state index contributed by atoms with van der Waals surface area (Å²) in [6, 6.07) is 38.3. The molecule has 0 heterocycles. The second-order valence-electron chi connectivity index (χ2n) is 7.91. The second kappa shape index (κ2) is 10.6. The largest absolute Gasteiger partial charge is 0.387 e. The fraction of sp³-hybridized carbons (Fsp3) is 0.103. The Morgan fingerprint density at radius 3 is 1.61 bits per heavy atom. The third kappa shape index (κ3) is 4.91. The third-order valence-corrected chi connectivity index (χ3v) is 8.90. The number of hydrogen-bond acceptors (Lipinski definition) is 2. The summed E-state index contributed by atoms with van der Waals surface area (Å²) in [7, 11) is -3.36. The van der Waals surface area contributed by atoms with Crippen LogP contribution in [0, 0.1) is 0 Å². The van der Waals surface area contributed by atoms with Gasteiger partial charge in [-0.25, -0.2) is 4.67 Å². The Morgan fingerprint density at radius 2 is 1.15 bits per heavy atom. The second-order valence-corrected chi connectivity index (χ2v) is 10.6. The molecular formula is C29H28NO2P. The van der Waals surface area contributed by atoms with Gasteiger partial charge in [0.2, 0.25) is 7.29 Å². The first-order valence-corrected chi connectivity index (χ1v) is 12.7. The molecule has 33 heavy (non-hydrogen) atoms. The topological polar surface area (TPSA) is 40.5 Å². The van der Waals surface area contributed by atoms with Crippen molar-refractivity contribution in [3.05, 3.63) is 145 Å². The van der Waals surface area contributed by atoms with Gasteiger partial charge in [-0.15, -0.1) is 6.58 Å². The molecule has 4 aromatic carbocycles. The van der Waals surface area contributed by atoms with Crippen LogP contribution in [0.15, 0.2) is 134 Å². The number of nitrogens with zero attached hydrogens (tertiary/aromatic N) is 1. The minimum atomic E-state index is -3.36. The Morgan fingerprint density at radius 1 is 0.727 bits per heavy atom. The Bertz CT molecular complexity index is 1150. The number of aliphatic hydroxyl groups is 1. The summed E-state index contributed by atoms with van der Waals surface area (Å²) in [5.41, 5.74) is 1.90. The van der Waals surface area contributed by atoms with Crippen molar-refractivity contribution in [2.24, 2.45) is 0 Å². The Kier molecular flexibility index (Phi) is 7.36. The van der Waals surface area contributed by atoms with Crippen LogP contribution in [0.25, 0.3) is 0 Å². The lowest BCUT2D eigenvalue weighted by Gasteiger charge is -2.40. The van der Waals surface area contributed by atoms with E-state index in [0.29, 0.717) is 6.54 Å². The van der Waals surface area contributed by atoms with E-state index in [4.69, 9.17) is 0 Å². The highest BCUT2D eigenvalue weighted by molar-refractivity contribution is 7.76. The van der Waals surface area contributed by atoms with Crippen LogP contribution in [0.1, 0.15) is 17.2 Å². The molecule has 0 saturated heterocycles. The average molecular weight is 454 g/mol. The van der Waals surface area contributed by atoms with Gasteiger partial charge in [-0.2, -0.15) is 0 Å². The number of rotatable bonds is 9. The average Bonchev–Trinajstić information content (AvgIpc) is 2.90. The van der Waals surface area contributed by atoms with Crippen LogP contribution in [-0.4, -0.2) is 15.9 Å². The molecule has 0 aliphatic rings. The van der Waals surface area contributed by atoms with E-state index < -0.39 is 19.4 Å². The number of aliphatic hydroxyl groups excluding tert-OH is 1. The first-order valence-electron chi connectivity index (χ1n) is 11.0. The van der Waals surface area contributed by atoms with E-state index in [1.54, 1.807) is 0 Å². The van der Waals surface area contributed by atoms with Crippen LogP contribution in [0.4, 0.5) is 0 Å². The molecule has 1 unspecified atom stereocenters. The molecule has 0 radical (unpaired) electrons. The molecule has 0 saturated carbocycles. The highest BCUT2D eigenvalue weighted by Crippen LogP contribution is 2.53. The van der Waals surface area contributed by atoms with Gasteiger partial charge in [-0.05, 0) is 35.4 Å². The summed E-state index contributed by atoms with van der Waals surface area (Å²) in [5, 5.41) is 12.6. The summed E-state index contributed by atoms with van der Waals surface area (Å²) in [5.74, 6) is 0. The van der Waals surface area contributed by atoms with Crippen molar-refractivity contribution in [3.63, 3.8) is 0 Å². The van der Waals surface area contributed by atoms with Crippen LogP contribution in [-0.2, 0) is 11.1 Å². The van der Waals surface area contributed by atoms with Gasteiger partial charge in [0.1, 0.15) is 0 Å². The van der Waals surface area contributed by atoms with Crippen LogP contribution in [0.5, 0.6) is 0 Å². The van der Waals surface area contributed by atoms with Crippen LogP contribution >= 0.6 is 7.29 Å².